The minimum absolute atomic E-state index is 0.00910. The van der Waals surface area contributed by atoms with Gasteiger partial charge in [0.05, 0.1) is 18.9 Å². The number of hydrogen-bond acceptors (Lipinski definition) is 4. The molecule has 1 aromatic carbocycles. The number of hydrogen-bond donors (Lipinski definition) is 0. The van der Waals surface area contributed by atoms with Crippen LogP contribution in [0.15, 0.2) is 18.2 Å². The van der Waals surface area contributed by atoms with Crippen molar-refractivity contribution in [2.45, 2.75) is 58.0 Å². The Labute approximate surface area is 157 Å². The Balaban J connectivity index is 2.29. The van der Waals surface area contributed by atoms with E-state index in [1.165, 1.54) is 22.7 Å². The second-order valence-corrected chi connectivity index (χ2v) is 15.3. The van der Waals surface area contributed by atoms with E-state index in [-0.39, 0.29) is 30.0 Å². The van der Waals surface area contributed by atoms with Gasteiger partial charge in [-0.2, -0.15) is 4.31 Å². The molecule has 0 radical (unpaired) electrons. The van der Waals surface area contributed by atoms with E-state index in [9.17, 15) is 12.8 Å². The summed E-state index contributed by atoms with van der Waals surface area (Å²) in [5.41, 5.74) is 0.801. The summed E-state index contributed by atoms with van der Waals surface area (Å²) in [4.78, 5) is 0. The first kappa shape index (κ1) is 21.3. The van der Waals surface area contributed by atoms with Gasteiger partial charge in [-0.3, -0.25) is 0 Å². The average molecular weight is 404 g/mol. The molecule has 2 atom stereocenters. The van der Waals surface area contributed by atoms with Crippen LogP contribution >= 0.6 is 0 Å². The molecule has 0 saturated carbocycles. The van der Waals surface area contributed by atoms with Gasteiger partial charge >= 0.3 is 0 Å². The van der Waals surface area contributed by atoms with E-state index in [0.29, 0.717) is 5.75 Å². The van der Waals surface area contributed by atoms with Gasteiger partial charge < -0.3 is 9.16 Å². The van der Waals surface area contributed by atoms with E-state index < -0.39 is 24.4 Å². The molecular weight excluding hydrogens is 373 g/mol. The first-order valence-corrected chi connectivity index (χ1v) is 13.5. The number of nitrogens with zero attached hydrogens (tertiary/aromatic N) is 1. The smallest absolute Gasteiger partial charge is 0.211 e. The fraction of sp³-hybridized carbons (Fsp3) is 0.667. The first-order valence-electron chi connectivity index (χ1n) is 8.76. The fourth-order valence-electron chi connectivity index (χ4n) is 2.63. The first-order chi connectivity index (χ1) is 11.7. The van der Waals surface area contributed by atoms with E-state index in [0.717, 1.165) is 5.56 Å². The molecule has 0 spiro atoms. The van der Waals surface area contributed by atoms with E-state index in [1.807, 2.05) is 6.92 Å². The lowest BCUT2D eigenvalue weighted by molar-refractivity contribution is 0.0802. The molecule has 0 N–H and O–H groups in total. The Bertz CT molecular complexity index is 761. The van der Waals surface area contributed by atoms with Crippen LogP contribution in [-0.2, 0) is 14.4 Å². The number of rotatable bonds is 5. The number of aryl methyl sites for hydroxylation is 1. The summed E-state index contributed by atoms with van der Waals surface area (Å²) in [6.07, 6.45) is 0.333. The van der Waals surface area contributed by atoms with Gasteiger partial charge in [-0.1, -0.05) is 26.8 Å². The highest BCUT2D eigenvalue weighted by molar-refractivity contribution is 7.88. The normalized spacial score (nSPS) is 22.6. The molecule has 1 heterocycles. The zero-order valence-electron chi connectivity index (χ0n) is 16.7. The second kappa shape index (κ2) is 7.22. The highest BCUT2D eigenvalue weighted by Gasteiger charge is 2.46. The third kappa shape index (κ3) is 4.85. The van der Waals surface area contributed by atoms with Crippen molar-refractivity contribution in [3.8, 4) is 5.75 Å². The summed E-state index contributed by atoms with van der Waals surface area (Å²) in [5.74, 6) is 0.0413. The van der Waals surface area contributed by atoms with Crippen molar-refractivity contribution in [3.63, 3.8) is 0 Å². The summed E-state index contributed by atoms with van der Waals surface area (Å²) >= 11 is 0. The summed E-state index contributed by atoms with van der Waals surface area (Å²) < 4.78 is 51.5. The van der Waals surface area contributed by atoms with E-state index in [2.05, 4.69) is 33.9 Å². The molecule has 0 unspecified atom stereocenters. The number of halogens is 1. The molecule has 1 fully saturated rings. The fourth-order valence-corrected chi connectivity index (χ4v) is 4.80. The number of sulfonamides is 1. The third-order valence-corrected chi connectivity index (χ3v) is 11.1. The quantitative estimate of drug-likeness (QED) is 0.706. The van der Waals surface area contributed by atoms with Gasteiger partial charge in [-0.05, 0) is 36.7 Å². The van der Waals surface area contributed by atoms with Crippen LogP contribution in [0, 0.1) is 12.7 Å². The Kier molecular flexibility index (Phi) is 5.92. The number of benzene rings is 1. The monoisotopic (exact) mass is 403 g/mol. The Morgan fingerprint density at radius 1 is 1.19 bits per heavy atom. The van der Waals surface area contributed by atoms with Gasteiger partial charge in [0.2, 0.25) is 10.0 Å². The minimum atomic E-state index is -3.36. The highest BCUT2D eigenvalue weighted by Crippen LogP contribution is 2.39. The topological polar surface area (TPSA) is 55.8 Å². The molecule has 0 amide bonds. The standard InChI is InChI=1S/C18H30FNO4SSi/c1-13-8-9-14(19)10-15(13)23-16-11-20(25(5,21)22)12-17(16)24-26(6,7)18(2,3)4/h8-10,16-17H,11-12H2,1-7H3/t16-,17-/m1/s1. The van der Waals surface area contributed by atoms with Crippen LogP contribution in [0.4, 0.5) is 4.39 Å². The van der Waals surface area contributed by atoms with E-state index in [4.69, 9.17) is 9.16 Å². The zero-order valence-corrected chi connectivity index (χ0v) is 18.5. The van der Waals surface area contributed by atoms with Crippen LogP contribution in [0.25, 0.3) is 0 Å². The van der Waals surface area contributed by atoms with Gasteiger partial charge in [0.25, 0.3) is 0 Å². The Morgan fingerprint density at radius 3 is 2.31 bits per heavy atom. The summed E-state index contributed by atoms with van der Waals surface area (Å²) in [6, 6.07) is 4.36. The lowest BCUT2D eigenvalue weighted by atomic mass is 10.2. The van der Waals surface area contributed by atoms with Gasteiger partial charge in [-0.15, -0.1) is 0 Å². The Hall–Kier alpha value is -0.963. The van der Waals surface area contributed by atoms with Crippen molar-refractivity contribution >= 4 is 18.3 Å². The summed E-state index contributed by atoms with van der Waals surface area (Å²) in [7, 11) is -5.47. The molecule has 0 aromatic heterocycles. The van der Waals surface area contributed by atoms with Crippen LogP contribution in [0.3, 0.4) is 0 Å². The maximum absolute atomic E-state index is 13.6. The lowest BCUT2D eigenvalue weighted by Gasteiger charge is -2.39. The maximum Gasteiger partial charge on any atom is 0.211 e. The van der Waals surface area contributed by atoms with Crippen molar-refractivity contribution in [2.24, 2.45) is 0 Å². The molecule has 26 heavy (non-hydrogen) atoms. The van der Waals surface area contributed by atoms with Crippen molar-refractivity contribution in [2.75, 3.05) is 19.3 Å². The summed E-state index contributed by atoms with van der Waals surface area (Å²) in [5, 5.41) is -0.00910. The molecule has 1 saturated heterocycles. The predicted octanol–water partition coefficient (Wildman–Crippen LogP) is 3.55. The van der Waals surface area contributed by atoms with E-state index >= 15 is 0 Å². The van der Waals surface area contributed by atoms with Crippen LogP contribution < -0.4 is 4.74 Å². The number of ether oxygens (including phenoxy) is 1. The summed E-state index contributed by atoms with van der Waals surface area (Å²) in [6.45, 7) is 12.9. The van der Waals surface area contributed by atoms with Crippen molar-refractivity contribution in [1.29, 1.82) is 0 Å². The van der Waals surface area contributed by atoms with Crippen molar-refractivity contribution < 1.29 is 22.0 Å². The van der Waals surface area contributed by atoms with Crippen LogP contribution in [0.1, 0.15) is 26.3 Å². The lowest BCUT2D eigenvalue weighted by Crippen LogP contribution is -2.48. The maximum atomic E-state index is 13.6. The largest absolute Gasteiger partial charge is 0.486 e. The second-order valence-electron chi connectivity index (χ2n) is 8.56. The van der Waals surface area contributed by atoms with Gasteiger partial charge in [0.15, 0.2) is 8.32 Å². The SMILES string of the molecule is Cc1ccc(F)cc1O[C@@H]1CN(S(C)(=O)=O)C[C@H]1O[Si](C)(C)C(C)(C)C. The molecule has 1 aliphatic rings. The molecule has 0 aliphatic carbocycles. The molecule has 0 bridgehead atoms. The van der Waals surface area contributed by atoms with E-state index in [1.54, 1.807) is 6.07 Å². The van der Waals surface area contributed by atoms with Gasteiger partial charge in [0, 0.05) is 12.6 Å². The molecule has 8 heteroatoms. The van der Waals surface area contributed by atoms with Crippen molar-refractivity contribution in [1.82, 2.24) is 4.31 Å². The third-order valence-electron chi connectivity index (χ3n) is 5.33. The minimum Gasteiger partial charge on any atom is -0.486 e. The van der Waals surface area contributed by atoms with Gasteiger partial charge in [0.1, 0.15) is 17.7 Å². The highest BCUT2D eigenvalue weighted by atomic mass is 32.2. The molecule has 5 nitrogen and oxygen atoms in total. The predicted molar refractivity (Wildman–Crippen MR) is 104 cm³/mol. The molecular formula is C18H30FNO4SSi. The van der Waals surface area contributed by atoms with Gasteiger partial charge in [-0.25, -0.2) is 12.8 Å². The van der Waals surface area contributed by atoms with Crippen LogP contribution in [-0.4, -0.2) is 52.6 Å². The Morgan fingerprint density at radius 2 is 1.77 bits per heavy atom. The van der Waals surface area contributed by atoms with Crippen molar-refractivity contribution in [3.05, 3.63) is 29.6 Å². The molecule has 1 aliphatic heterocycles. The zero-order chi connectivity index (χ0) is 19.9. The molecule has 148 valence electrons. The van der Waals surface area contributed by atoms with Crippen LogP contribution in [0.2, 0.25) is 18.1 Å². The molecule has 2 rings (SSSR count). The average Bonchev–Trinajstić information content (AvgIpc) is 2.84. The van der Waals surface area contributed by atoms with Crippen LogP contribution in [0.5, 0.6) is 5.75 Å². The molecule has 1 aromatic rings.